The van der Waals surface area contributed by atoms with E-state index < -0.39 is 0 Å². The zero-order valence-corrected chi connectivity index (χ0v) is 8.50. The van der Waals surface area contributed by atoms with Gasteiger partial charge in [-0.1, -0.05) is 44.9 Å². The van der Waals surface area contributed by atoms with E-state index in [1.54, 1.807) is 12.2 Å². The van der Waals surface area contributed by atoms with Crippen molar-refractivity contribution in [3.05, 3.63) is 12.2 Å². The van der Waals surface area contributed by atoms with Crippen LogP contribution >= 0.6 is 0 Å². The second-order valence-corrected chi connectivity index (χ2v) is 3.30. The summed E-state index contributed by atoms with van der Waals surface area (Å²) < 4.78 is 0. The van der Waals surface area contributed by atoms with Gasteiger partial charge in [-0.25, -0.2) is 0 Å². The summed E-state index contributed by atoms with van der Waals surface area (Å²) in [5.41, 5.74) is 0. The topological polar surface area (TPSA) is 20.2 Å². The first-order valence-corrected chi connectivity index (χ1v) is 5.12. The molecule has 0 saturated carbocycles. The van der Waals surface area contributed by atoms with Crippen LogP contribution < -0.4 is 0 Å². The van der Waals surface area contributed by atoms with Crippen LogP contribution in [0.1, 0.15) is 45.4 Å². The molecule has 1 heteroatoms. The molecule has 0 aromatic carbocycles. The van der Waals surface area contributed by atoms with Gasteiger partial charge in [-0.2, -0.15) is 0 Å². The van der Waals surface area contributed by atoms with E-state index in [1.807, 2.05) is 0 Å². The van der Waals surface area contributed by atoms with E-state index in [9.17, 15) is 5.11 Å². The van der Waals surface area contributed by atoms with Crippen molar-refractivity contribution in [2.24, 2.45) is 0 Å². The molecule has 13 heavy (non-hydrogen) atoms. The summed E-state index contributed by atoms with van der Waals surface area (Å²) in [5, 5.41) is 9.35. The van der Waals surface area contributed by atoms with Crippen molar-refractivity contribution in [2.45, 2.75) is 51.6 Å². The number of rotatable bonds is 7. The maximum absolute atomic E-state index is 9.35. The van der Waals surface area contributed by atoms with Crippen molar-refractivity contribution in [1.29, 1.82) is 0 Å². The molecule has 0 bridgehead atoms. The van der Waals surface area contributed by atoms with Crippen molar-refractivity contribution in [3.8, 4) is 12.3 Å². The van der Waals surface area contributed by atoms with Crippen LogP contribution in [-0.4, -0.2) is 11.2 Å². The van der Waals surface area contributed by atoms with Crippen LogP contribution in [0.25, 0.3) is 0 Å². The summed E-state index contributed by atoms with van der Waals surface area (Å²) in [6.45, 7) is 2.20. The maximum atomic E-state index is 9.35. The smallest absolute Gasteiger partial charge is 0.0730 e. The van der Waals surface area contributed by atoms with Gasteiger partial charge in [0.2, 0.25) is 0 Å². The number of hydrogen-bond acceptors (Lipinski definition) is 1. The van der Waals surface area contributed by atoms with E-state index in [-0.39, 0.29) is 6.10 Å². The molecule has 0 aliphatic carbocycles. The maximum Gasteiger partial charge on any atom is 0.0730 e. The van der Waals surface area contributed by atoms with E-state index in [0.29, 0.717) is 0 Å². The third-order valence-electron chi connectivity index (χ3n) is 2.02. The fourth-order valence-corrected chi connectivity index (χ4v) is 1.22. The monoisotopic (exact) mass is 180 g/mol. The molecule has 0 amide bonds. The predicted octanol–water partition coefficient (Wildman–Crippen LogP) is 2.90. The Morgan fingerprint density at radius 2 is 2.00 bits per heavy atom. The summed E-state index contributed by atoms with van der Waals surface area (Å²) in [6.07, 6.45) is 14.9. The van der Waals surface area contributed by atoms with Gasteiger partial charge >= 0.3 is 0 Å². The minimum Gasteiger partial charge on any atom is -0.389 e. The molecule has 0 aliphatic rings. The normalized spacial score (nSPS) is 13.0. The highest BCUT2D eigenvalue weighted by atomic mass is 16.3. The fraction of sp³-hybridized carbons (Fsp3) is 0.667. The number of aliphatic hydroxyl groups excluding tert-OH is 1. The number of aliphatic hydroxyl groups is 1. The first-order valence-electron chi connectivity index (χ1n) is 5.12. The van der Waals surface area contributed by atoms with Crippen LogP contribution in [0.15, 0.2) is 12.2 Å². The van der Waals surface area contributed by atoms with Gasteiger partial charge in [-0.05, 0) is 18.6 Å². The van der Waals surface area contributed by atoms with Crippen LogP contribution in [0, 0.1) is 12.3 Å². The van der Waals surface area contributed by atoms with E-state index in [0.717, 1.165) is 12.8 Å². The molecule has 1 atom stereocenters. The summed E-state index contributed by atoms with van der Waals surface area (Å²) in [6, 6.07) is 0. The molecule has 1 N–H and O–H groups in total. The summed E-state index contributed by atoms with van der Waals surface area (Å²) in [5.74, 6) is 2.37. The van der Waals surface area contributed by atoms with Crippen LogP contribution in [0.5, 0.6) is 0 Å². The highest BCUT2D eigenvalue weighted by Crippen LogP contribution is 2.07. The lowest BCUT2D eigenvalue weighted by Gasteiger charge is -2.03. The third kappa shape index (κ3) is 9.17. The standard InChI is InChI=1S/C12H20O/c1-3-5-7-8-9-11-12(13)10-6-4-2/h2,6,10,12-13H,3,5,7-9,11H2,1H3/b10-6+/t12-/m0/s1. The van der Waals surface area contributed by atoms with Crippen molar-refractivity contribution < 1.29 is 5.11 Å². The Morgan fingerprint density at radius 1 is 1.31 bits per heavy atom. The minimum atomic E-state index is -0.349. The molecular weight excluding hydrogens is 160 g/mol. The van der Waals surface area contributed by atoms with Crippen molar-refractivity contribution in [1.82, 2.24) is 0 Å². The number of terminal acetylenes is 1. The van der Waals surface area contributed by atoms with E-state index >= 15 is 0 Å². The molecule has 0 unspecified atom stereocenters. The van der Waals surface area contributed by atoms with Crippen LogP contribution in [-0.2, 0) is 0 Å². The summed E-state index contributed by atoms with van der Waals surface area (Å²) in [7, 11) is 0. The van der Waals surface area contributed by atoms with Gasteiger partial charge in [0.1, 0.15) is 0 Å². The number of allylic oxidation sites excluding steroid dienone is 1. The molecule has 0 fully saturated rings. The molecule has 0 heterocycles. The minimum absolute atomic E-state index is 0.349. The molecule has 1 nitrogen and oxygen atoms in total. The summed E-state index contributed by atoms with van der Waals surface area (Å²) >= 11 is 0. The second kappa shape index (κ2) is 9.35. The fourth-order valence-electron chi connectivity index (χ4n) is 1.22. The van der Waals surface area contributed by atoms with Gasteiger partial charge in [-0.15, -0.1) is 6.42 Å². The summed E-state index contributed by atoms with van der Waals surface area (Å²) in [4.78, 5) is 0. The van der Waals surface area contributed by atoms with Crippen LogP contribution in [0.2, 0.25) is 0 Å². The highest BCUT2D eigenvalue weighted by Gasteiger charge is 1.97. The largest absolute Gasteiger partial charge is 0.389 e. The predicted molar refractivity (Wildman–Crippen MR) is 57.4 cm³/mol. The van der Waals surface area contributed by atoms with Crippen LogP contribution in [0.4, 0.5) is 0 Å². The average molecular weight is 180 g/mol. The second-order valence-electron chi connectivity index (χ2n) is 3.30. The molecule has 0 rings (SSSR count). The van der Waals surface area contributed by atoms with Gasteiger partial charge in [0.15, 0.2) is 0 Å². The van der Waals surface area contributed by atoms with E-state index in [1.165, 1.54) is 25.7 Å². The third-order valence-corrected chi connectivity index (χ3v) is 2.02. The lowest BCUT2D eigenvalue weighted by atomic mass is 10.1. The SMILES string of the molecule is C#C/C=C/[C@H](O)CCCCCCC. The lowest BCUT2D eigenvalue weighted by Crippen LogP contribution is -2.01. The zero-order chi connectivity index (χ0) is 9.94. The molecule has 0 aromatic heterocycles. The van der Waals surface area contributed by atoms with Gasteiger partial charge in [0, 0.05) is 0 Å². The van der Waals surface area contributed by atoms with Gasteiger partial charge in [0.05, 0.1) is 6.10 Å². The average Bonchev–Trinajstić information content (AvgIpc) is 2.14. The van der Waals surface area contributed by atoms with Gasteiger partial charge in [0.25, 0.3) is 0 Å². The van der Waals surface area contributed by atoms with Crippen molar-refractivity contribution in [2.75, 3.05) is 0 Å². The molecule has 0 aliphatic heterocycles. The molecule has 74 valence electrons. The van der Waals surface area contributed by atoms with Gasteiger partial charge < -0.3 is 5.11 Å². The van der Waals surface area contributed by atoms with Crippen LogP contribution in [0.3, 0.4) is 0 Å². The van der Waals surface area contributed by atoms with E-state index in [2.05, 4.69) is 12.8 Å². The van der Waals surface area contributed by atoms with Gasteiger partial charge in [-0.3, -0.25) is 0 Å². The molecular formula is C12H20O. The Bertz CT molecular complexity index is 164. The highest BCUT2D eigenvalue weighted by molar-refractivity contribution is 5.10. The Labute approximate surface area is 81.9 Å². The Balaban J connectivity index is 3.22. The quantitative estimate of drug-likeness (QED) is 0.472. The molecule has 0 saturated heterocycles. The lowest BCUT2D eigenvalue weighted by molar-refractivity contribution is 0.208. The van der Waals surface area contributed by atoms with E-state index in [4.69, 9.17) is 6.42 Å². The molecule has 0 radical (unpaired) electrons. The first-order chi connectivity index (χ1) is 6.31. The molecule has 0 aromatic rings. The Hall–Kier alpha value is -0.740. The Morgan fingerprint density at radius 3 is 2.62 bits per heavy atom. The number of unbranched alkanes of at least 4 members (excludes halogenated alkanes) is 4. The van der Waals surface area contributed by atoms with Crippen molar-refractivity contribution >= 4 is 0 Å². The molecule has 0 spiro atoms. The van der Waals surface area contributed by atoms with Crippen molar-refractivity contribution in [3.63, 3.8) is 0 Å². The first kappa shape index (κ1) is 12.3. The Kier molecular flexibility index (Phi) is 8.82. The zero-order valence-electron chi connectivity index (χ0n) is 8.50. The number of hydrogen-bond donors (Lipinski definition) is 1.